The lowest BCUT2D eigenvalue weighted by Crippen LogP contribution is -2.30. The molecule has 1 N–H and O–H groups in total. The Morgan fingerprint density at radius 2 is 1.91 bits per heavy atom. The minimum Gasteiger partial charge on any atom is -0.497 e. The zero-order valence-corrected chi connectivity index (χ0v) is 20.2. The van der Waals surface area contributed by atoms with Gasteiger partial charge in [0.15, 0.2) is 5.65 Å². The van der Waals surface area contributed by atoms with Gasteiger partial charge in [0.2, 0.25) is 0 Å². The molecular formula is C25H30N6O3. The van der Waals surface area contributed by atoms with E-state index < -0.39 is 0 Å². The Hall–Kier alpha value is -3.88. The molecule has 178 valence electrons. The fraction of sp³-hybridized carbons (Fsp3) is 0.360. The van der Waals surface area contributed by atoms with E-state index in [9.17, 15) is 4.79 Å². The van der Waals surface area contributed by atoms with E-state index in [1.54, 1.807) is 31.3 Å². The van der Waals surface area contributed by atoms with Gasteiger partial charge in [-0.25, -0.2) is 9.67 Å². The number of amides is 1. The van der Waals surface area contributed by atoms with Gasteiger partial charge in [-0.1, -0.05) is 6.92 Å². The number of nitrogens with zero attached hydrogens (tertiary/aromatic N) is 5. The number of fused-ring (bicyclic) bond motifs is 1. The van der Waals surface area contributed by atoms with Crippen molar-refractivity contribution < 1.29 is 14.3 Å². The minimum absolute atomic E-state index is 0.154. The van der Waals surface area contributed by atoms with Crippen molar-refractivity contribution in [3.05, 3.63) is 65.2 Å². The first-order chi connectivity index (χ1) is 16.4. The molecule has 0 aliphatic carbocycles. The van der Waals surface area contributed by atoms with Crippen LogP contribution in [0.2, 0.25) is 0 Å². The average Bonchev–Trinajstić information content (AvgIpc) is 3.38. The second-order valence-electron chi connectivity index (χ2n) is 8.54. The molecule has 4 rings (SSSR count). The number of benzene rings is 1. The molecule has 0 saturated heterocycles. The summed E-state index contributed by atoms with van der Waals surface area (Å²) in [4.78, 5) is 17.2. The molecule has 0 aliphatic heterocycles. The van der Waals surface area contributed by atoms with E-state index in [4.69, 9.17) is 9.47 Å². The first-order valence-corrected chi connectivity index (χ1v) is 11.2. The molecule has 0 spiro atoms. The predicted molar refractivity (Wildman–Crippen MR) is 129 cm³/mol. The molecule has 9 heteroatoms. The monoisotopic (exact) mass is 462 g/mol. The fourth-order valence-electron chi connectivity index (χ4n) is 3.94. The number of hydrogen-bond donors (Lipinski definition) is 1. The molecule has 0 aliphatic rings. The first-order valence-electron chi connectivity index (χ1n) is 11.2. The van der Waals surface area contributed by atoms with Crippen LogP contribution in [0.15, 0.2) is 42.7 Å². The van der Waals surface area contributed by atoms with Crippen LogP contribution in [0.1, 0.15) is 34.2 Å². The molecule has 34 heavy (non-hydrogen) atoms. The Balaban J connectivity index is 1.42. The topological polar surface area (TPSA) is 96.1 Å². The number of ether oxygens (including phenoxy) is 2. The van der Waals surface area contributed by atoms with E-state index in [0.717, 1.165) is 34.6 Å². The van der Waals surface area contributed by atoms with Gasteiger partial charge < -0.3 is 14.8 Å². The standard InChI is InChI=1S/C25H30N6O3/c1-16(14-30-18(3)8-17(2)29-30)11-27-25(32)21-9-20-13-28-31(24(20)26-12-21)15-19-6-7-22(33-4)10-23(19)34-5/h6-10,12-13,16H,11,14-15H2,1-5H3,(H,27,32). The summed E-state index contributed by atoms with van der Waals surface area (Å²) in [6.45, 7) is 7.89. The van der Waals surface area contributed by atoms with Crippen LogP contribution in [0.25, 0.3) is 11.0 Å². The Bertz CT molecular complexity index is 1310. The summed E-state index contributed by atoms with van der Waals surface area (Å²) in [5.41, 5.74) is 4.28. The zero-order chi connectivity index (χ0) is 24.2. The smallest absolute Gasteiger partial charge is 0.252 e. The number of carbonyl (C=O) groups is 1. The van der Waals surface area contributed by atoms with Gasteiger partial charge in [0.1, 0.15) is 11.5 Å². The molecule has 0 bridgehead atoms. The first kappa shape index (κ1) is 23.3. The largest absolute Gasteiger partial charge is 0.497 e. The Morgan fingerprint density at radius 1 is 1.09 bits per heavy atom. The summed E-state index contributed by atoms with van der Waals surface area (Å²) in [5.74, 6) is 1.53. The Kier molecular flexibility index (Phi) is 6.81. The van der Waals surface area contributed by atoms with Gasteiger partial charge in [0.25, 0.3) is 5.91 Å². The summed E-state index contributed by atoms with van der Waals surface area (Å²) in [7, 11) is 3.25. The quantitative estimate of drug-likeness (QED) is 0.410. The van der Waals surface area contributed by atoms with E-state index >= 15 is 0 Å². The Labute approximate surface area is 198 Å². The fourth-order valence-corrected chi connectivity index (χ4v) is 3.94. The molecule has 3 heterocycles. The molecule has 1 aromatic carbocycles. The van der Waals surface area contributed by atoms with Crippen LogP contribution < -0.4 is 14.8 Å². The maximum atomic E-state index is 12.7. The molecule has 1 atom stereocenters. The third-order valence-corrected chi connectivity index (χ3v) is 5.75. The number of carbonyl (C=O) groups excluding carboxylic acids is 1. The van der Waals surface area contributed by atoms with Gasteiger partial charge in [-0.3, -0.25) is 9.48 Å². The maximum Gasteiger partial charge on any atom is 0.252 e. The summed E-state index contributed by atoms with van der Waals surface area (Å²) in [6.07, 6.45) is 3.31. The average molecular weight is 463 g/mol. The molecule has 0 saturated carbocycles. The minimum atomic E-state index is -0.154. The van der Waals surface area contributed by atoms with Crippen LogP contribution in [0.4, 0.5) is 0 Å². The van der Waals surface area contributed by atoms with Gasteiger partial charge in [0.05, 0.1) is 38.2 Å². The third kappa shape index (κ3) is 5.03. The van der Waals surface area contributed by atoms with E-state index in [0.29, 0.717) is 30.0 Å². The van der Waals surface area contributed by atoms with Crippen molar-refractivity contribution in [2.24, 2.45) is 5.92 Å². The SMILES string of the molecule is COc1ccc(Cn2ncc3cc(C(=O)NCC(C)Cn4nc(C)cc4C)cnc32)c(OC)c1. The van der Waals surface area contributed by atoms with E-state index in [-0.39, 0.29) is 11.8 Å². The highest BCUT2D eigenvalue weighted by Gasteiger charge is 2.14. The second-order valence-corrected chi connectivity index (χ2v) is 8.54. The highest BCUT2D eigenvalue weighted by atomic mass is 16.5. The van der Waals surface area contributed by atoms with Crippen molar-refractivity contribution in [1.82, 2.24) is 29.9 Å². The number of rotatable bonds is 9. The van der Waals surface area contributed by atoms with Crippen LogP contribution in [0.5, 0.6) is 11.5 Å². The van der Waals surface area contributed by atoms with E-state index in [2.05, 4.69) is 33.5 Å². The normalized spacial score (nSPS) is 12.0. The number of aryl methyl sites for hydroxylation is 2. The van der Waals surface area contributed by atoms with Crippen molar-refractivity contribution in [3.8, 4) is 11.5 Å². The molecule has 0 radical (unpaired) electrons. The van der Waals surface area contributed by atoms with Crippen molar-refractivity contribution in [1.29, 1.82) is 0 Å². The van der Waals surface area contributed by atoms with Crippen molar-refractivity contribution in [3.63, 3.8) is 0 Å². The molecule has 1 unspecified atom stereocenters. The molecule has 0 fully saturated rings. The number of hydrogen-bond acceptors (Lipinski definition) is 6. The summed E-state index contributed by atoms with van der Waals surface area (Å²) < 4.78 is 14.5. The van der Waals surface area contributed by atoms with E-state index in [1.165, 1.54) is 0 Å². The van der Waals surface area contributed by atoms with Gasteiger partial charge in [-0.05, 0) is 44.0 Å². The van der Waals surface area contributed by atoms with E-state index in [1.807, 2.05) is 42.8 Å². The lowest BCUT2D eigenvalue weighted by molar-refractivity contribution is 0.0946. The molecule has 4 aromatic rings. The lowest BCUT2D eigenvalue weighted by Gasteiger charge is -2.14. The van der Waals surface area contributed by atoms with Crippen molar-refractivity contribution in [2.75, 3.05) is 20.8 Å². The number of pyridine rings is 1. The van der Waals surface area contributed by atoms with Crippen molar-refractivity contribution >= 4 is 16.9 Å². The van der Waals surface area contributed by atoms with Crippen LogP contribution in [0.3, 0.4) is 0 Å². The maximum absolute atomic E-state index is 12.7. The number of aromatic nitrogens is 5. The molecular weight excluding hydrogens is 432 g/mol. The van der Waals surface area contributed by atoms with Gasteiger partial charge >= 0.3 is 0 Å². The van der Waals surface area contributed by atoms with Gasteiger partial charge in [-0.15, -0.1) is 0 Å². The van der Waals surface area contributed by atoms with Gasteiger partial charge in [-0.2, -0.15) is 10.2 Å². The molecule has 9 nitrogen and oxygen atoms in total. The summed E-state index contributed by atoms with van der Waals surface area (Å²) in [6, 6.07) is 9.54. The molecule has 1 amide bonds. The van der Waals surface area contributed by atoms with Crippen LogP contribution in [-0.4, -0.2) is 51.2 Å². The van der Waals surface area contributed by atoms with Crippen LogP contribution in [-0.2, 0) is 13.1 Å². The number of nitrogens with one attached hydrogen (secondary N) is 1. The second kappa shape index (κ2) is 9.94. The highest BCUT2D eigenvalue weighted by molar-refractivity contribution is 5.96. The summed E-state index contributed by atoms with van der Waals surface area (Å²) in [5, 5.41) is 12.8. The predicted octanol–water partition coefficient (Wildman–Crippen LogP) is 3.38. The van der Waals surface area contributed by atoms with Crippen molar-refractivity contribution in [2.45, 2.75) is 33.9 Å². The van der Waals surface area contributed by atoms with Crippen LogP contribution >= 0.6 is 0 Å². The van der Waals surface area contributed by atoms with Gasteiger partial charge in [0, 0.05) is 42.0 Å². The zero-order valence-electron chi connectivity index (χ0n) is 20.2. The lowest BCUT2D eigenvalue weighted by atomic mass is 10.1. The van der Waals surface area contributed by atoms with Crippen LogP contribution in [0, 0.1) is 19.8 Å². The molecule has 3 aromatic heterocycles. The third-order valence-electron chi connectivity index (χ3n) is 5.75. The number of methoxy groups -OCH3 is 2. The summed E-state index contributed by atoms with van der Waals surface area (Å²) >= 11 is 0. The highest BCUT2D eigenvalue weighted by Crippen LogP contribution is 2.26. The Morgan fingerprint density at radius 3 is 2.62 bits per heavy atom.